The van der Waals surface area contributed by atoms with Gasteiger partial charge in [-0.25, -0.2) is 4.98 Å². The van der Waals surface area contributed by atoms with Gasteiger partial charge in [-0.15, -0.1) is 11.6 Å². The summed E-state index contributed by atoms with van der Waals surface area (Å²) in [5, 5.41) is 8.95. The van der Waals surface area contributed by atoms with E-state index in [2.05, 4.69) is 11.1 Å². The first-order chi connectivity index (χ1) is 9.55. The number of benzene rings is 1. The number of halogens is 1. The lowest BCUT2D eigenvalue weighted by Crippen LogP contribution is -1.97. The van der Waals surface area contributed by atoms with Gasteiger partial charge in [-0.2, -0.15) is 5.26 Å². The second-order valence-corrected chi connectivity index (χ2v) is 5.02. The number of ether oxygens (including phenoxy) is 1. The van der Waals surface area contributed by atoms with Gasteiger partial charge in [-0.05, 0) is 55.7 Å². The van der Waals surface area contributed by atoms with Crippen molar-refractivity contribution in [1.82, 2.24) is 4.98 Å². The van der Waals surface area contributed by atoms with Crippen LogP contribution in [0.15, 0.2) is 24.4 Å². The van der Waals surface area contributed by atoms with E-state index in [0.717, 1.165) is 28.0 Å². The molecule has 3 nitrogen and oxygen atoms in total. The van der Waals surface area contributed by atoms with Crippen LogP contribution in [0, 0.1) is 32.1 Å². The van der Waals surface area contributed by atoms with E-state index in [1.165, 1.54) is 0 Å². The van der Waals surface area contributed by atoms with Crippen LogP contribution in [0.5, 0.6) is 11.6 Å². The van der Waals surface area contributed by atoms with E-state index < -0.39 is 0 Å². The molecule has 2 aromatic rings. The Morgan fingerprint density at radius 2 is 1.80 bits per heavy atom. The van der Waals surface area contributed by atoms with Gasteiger partial charge in [0.1, 0.15) is 5.75 Å². The number of alkyl halides is 1. The molecular formula is C16H15ClN2O. The Bertz CT molecular complexity index is 666. The first kappa shape index (κ1) is 14.4. The minimum absolute atomic E-state index is 0.434. The molecule has 102 valence electrons. The zero-order chi connectivity index (χ0) is 14.7. The molecule has 0 atom stereocenters. The summed E-state index contributed by atoms with van der Waals surface area (Å²) in [6, 6.07) is 7.72. The molecule has 0 radical (unpaired) electrons. The van der Waals surface area contributed by atoms with Crippen molar-refractivity contribution in [3.8, 4) is 17.7 Å². The SMILES string of the molecule is Cc1cc(CCl)cnc1Oc1c(C)cc(C#N)cc1C. The first-order valence-electron chi connectivity index (χ1n) is 6.26. The molecular weight excluding hydrogens is 272 g/mol. The van der Waals surface area contributed by atoms with E-state index in [0.29, 0.717) is 17.3 Å². The number of rotatable bonds is 3. The van der Waals surface area contributed by atoms with Gasteiger partial charge in [0.2, 0.25) is 5.88 Å². The molecule has 0 spiro atoms. The van der Waals surface area contributed by atoms with E-state index in [-0.39, 0.29) is 0 Å². The summed E-state index contributed by atoms with van der Waals surface area (Å²) in [5.41, 5.74) is 4.37. The minimum Gasteiger partial charge on any atom is -0.438 e. The lowest BCUT2D eigenvalue weighted by molar-refractivity contribution is 0.452. The van der Waals surface area contributed by atoms with Gasteiger partial charge in [0, 0.05) is 17.6 Å². The second-order valence-electron chi connectivity index (χ2n) is 4.75. The minimum atomic E-state index is 0.434. The van der Waals surface area contributed by atoms with Crippen molar-refractivity contribution in [2.45, 2.75) is 26.7 Å². The Balaban J connectivity index is 2.38. The Morgan fingerprint density at radius 3 is 2.30 bits per heavy atom. The number of hydrogen-bond acceptors (Lipinski definition) is 3. The summed E-state index contributed by atoms with van der Waals surface area (Å²) in [4.78, 5) is 4.30. The number of aromatic nitrogens is 1. The van der Waals surface area contributed by atoms with Crippen LogP contribution in [0.1, 0.15) is 27.8 Å². The van der Waals surface area contributed by atoms with Gasteiger partial charge in [0.15, 0.2) is 0 Å². The summed E-state index contributed by atoms with van der Waals surface area (Å²) in [6.07, 6.45) is 1.71. The highest BCUT2D eigenvalue weighted by Gasteiger charge is 2.10. The van der Waals surface area contributed by atoms with Crippen LogP contribution >= 0.6 is 11.6 Å². The Hall–Kier alpha value is -2.05. The quantitative estimate of drug-likeness (QED) is 0.785. The standard InChI is InChI=1S/C16H15ClN2O/c1-10-4-13(8-18)5-11(2)15(10)20-16-12(3)6-14(7-17)9-19-16/h4-6,9H,7H2,1-3H3. The summed E-state index contributed by atoms with van der Waals surface area (Å²) < 4.78 is 5.91. The maximum absolute atomic E-state index is 8.95. The first-order valence-corrected chi connectivity index (χ1v) is 6.79. The molecule has 4 heteroatoms. The molecule has 1 aromatic heterocycles. The summed E-state index contributed by atoms with van der Waals surface area (Å²) in [7, 11) is 0. The number of aryl methyl sites for hydroxylation is 3. The zero-order valence-electron chi connectivity index (χ0n) is 11.7. The van der Waals surface area contributed by atoms with Crippen LogP contribution in [0.3, 0.4) is 0 Å². The average Bonchev–Trinajstić information content (AvgIpc) is 2.43. The second kappa shape index (κ2) is 5.94. The molecule has 0 saturated heterocycles. The number of hydrogen-bond donors (Lipinski definition) is 0. The largest absolute Gasteiger partial charge is 0.438 e. The third-order valence-corrected chi connectivity index (χ3v) is 3.34. The molecule has 0 aliphatic carbocycles. The molecule has 0 aliphatic rings. The van der Waals surface area contributed by atoms with Crippen molar-refractivity contribution >= 4 is 11.6 Å². The molecule has 0 N–H and O–H groups in total. The smallest absolute Gasteiger partial charge is 0.222 e. The number of nitriles is 1. The topological polar surface area (TPSA) is 45.9 Å². The van der Waals surface area contributed by atoms with Crippen molar-refractivity contribution in [3.05, 3.63) is 52.2 Å². The summed E-state index contributed by atoms with van der Waals surface area (Å²) in [6.45, 7) is 5.78. The van der Waals surface area contributed by atoms with Crippen LogP contribution in [-0.2, 0) is 5.88 Å². The molecule has 1 heterocycles. The van der Waals surface area contributed by atoms with Crippen molar-refractivity contribution in [1.29, 1.82) is 5.26 Å². The van der Waals surface area contributed by atoms with Crippen LogP contribution in [0.2, 0.25) is 0 Å². The highest BCUT2D eigenvalue weighted by Crippen LogP contribution is 2.30. The van der Waals surface area contributed by atoms with E-state index in [1.54, 1.807) is 6.20 Å². The number of nitrogens with zero attached hydrogens (tertiary/aromatic N) is 2. The van der Waals surface area contributed by atoms with Gasteiger partial charge in [0.05, 0.1) is 11.6 Å². The predicted molar refractivity (Wildman–Crippen MR) is 79.2 cm³/mol. The molecule has 0 saturated carbocycles. The van der Waals surface area contributed by atoms with Crippen LogP contribution in [-0.4, -0.2) is 4.98 Å². The van der Waals surface area contributed by atoms with Crippen molar-refractivity contribution in [2.75, 3.05) is 0 Å². The van der Waals surface area contributed by atoms with Crippen LogP contribution in [0.4, 0.5) is 0 Å². The molecule has 1 aromatic carbocycles. The molecule has 0 bridgehead atoms. The third-order valence-electron chi connectivity index (χ3n) is 3.03. The lowest BCUT2D eigenvalue weighted by atomic mass is 10.1. The summed E-state index contributed by atoms with van der Waals surface area (Å²) in [5.74, 6) is 1.75. The molecule has 2 rings (SSSR count). The van der Waals surface area contributed by atoms with Gasteiger partial charge < -0.3 is 4.74 Å². The summed E-state index contributed by atoms with van der Waals surface area (Å²) >= 11 is 5.78. The molecule has 0 aliphatic heterocycles. The fourth-order valence-corrected chi connectivity index (χ4v) is 2.22. The van der Waals surface area contributed by atoms with Crippen LogP contribution in [0.25, 0.3) is 0 Å². The van der Waals surface area contributed by atoms with E-state index >= 15 is 0 Å². The van der Waals surface area contributed by atoms with E-state index in [1.807, 2.05) is 39.0 Å². The average molecular weight is 287 g/mol. The molecule has 0 fully saturated rings. The predicted octanol–water partition coefficient (Wildman–Crippen LogP) is 4.41. The third kappa shape index (κ3) is 2.92. The normalized spacial score (nSPS) is 10.2. The van der Waals surface area contributed by atoms with E-state index in [9.17, 15) is 0 Å². The maximum atomic E-state index is 8.95. The van der Waals surface area contributed by atoms with Gasteiger partial charge >= 0.3 is 0 Å². The highest BCUT2D eigenvalue weighted by atomic mass is 35.5. The Morgan fingerprint density at radius 1 is 1.15 bits per heavy atom. The lowest BCUT2D eigenvalue weighted by Gasteiger charge is -2.13. The van der Waals surface area contributed by atoms with Crippen molar-refractivity contribution in [3.63, 3.8) is 0 Å². The van der Waals surface area contributed by atoms with Gasteiger partial charge in [-0.1, -0.05) is 0 Å². The molecule has 0 unspecified atom stereocenters. The van der Waals surface area contributed by atoms with Gasteiger partial charge in [-0.3, -0.25) is 0 Å². The van der Waals surface area contributed by atoms with E-state index in [4.69, 9.17) is 21.6 Å². The van der Waals surface area contributed by atoms with Crippen molar-refractivity contribution in [2.24, 2.45) is 0 Å². The van der Waals surface area contributed by atoms with Crippen LogP contribution < -0.4 is 4.74 Å². The zero-order valence-corrected chi connectivity index (χ0v) is 12.5. The Kier molecular flexibility index (Phi) is 4.26. The maximum Gasteiger partial charge on any atom is 0.222 e. The monoisotopic (exact) mass is 286 g/mol. The highest BCUT2D eigenvalue weighted by molar-refractivity contribution is 6.17. The molecule has 20 heavy (non-hydrogen) atoms. The fraction of sp³-hybridized carbons (Fsp3) is 0.250. The Labute approximate surface area is 123 Å². The van der Waals surface area contributed by atoms with Crippen molar-refractivity contribution < 1.29 is 4.74 Å². The molecule has 0 amide bonds. The fourth-order valence-electron chi connectivity index (χ4n) is 2.07. The van der Waals surface area contributed by atoms with Gasteiger partial charge in [0.25, 0.3) is 0 Å². The number of pyridine rings is 1.